The lowest BCUT2D eigenvalue weighted by Gasteiger charge is -2.40. The van der Waals surface area contributed by atoms with Gasteiger partial charge in [-0.15, -0.1) is 35.3 Å². The molecule has 2 heterocycles. The van der Waals surface area contributed by atoms with E-state index in [2.05, 4.69) is 70.5 Å². The molecule has 0 radical (unpaired) electrons. The lowest BCUT2D eigenvalue weighted by Crippen LogP contribution is -2.55. The lowest BCUT2D eigenvalue weighted by molar-refractivity contribution is 0.0900. The number of thiazole rings is 1. The molecule has 1 aromatic rings. The number of nitrogens with zero attached hydrogens (tertiary/aromatic N) is 4. The maximum absolute atomic E-state index is 4.68. The minimum atomic E-state index is 0. The Morgan fingerprint density at radius 3 is 2.37 bits per heavy atom. The fourth-order valence-electron chi connectivity index (χ4n) is 3.19. The third-order valence-corrected chi connectivity index (χ3v) is 5.91. The van der Waals surface area contributed by atoms with Crippen molar-refractivity contribution in [2.24, 2.45) is 10.9 Å². The van der Waals surface area contributed by atoms with E-state index in [1.165, 1.54) is 5.69 Å². The number of rotatable bonds is 7. The molecule has 1 fully saturated rings. The van der Waals surface area contributed by atoms with E-state index in [0.717, 1.165) is 50.2 Å². The highest BCUT2D eigenvalue weighted by atomic mass is 127. The van der Waals surface area contributed by atoms with Gasteiger partial charge in [-0.1, -0.05) is 27.7 Å². The van der Waals surface area contributed by atoms with Crippen molar-refractivity contribution >= 4 is 41.3 Å². The summed E-state index contributed by atoms with van der Waals surface area (Å²) in [6, 6.07) is 0.523. The van der Waals surface area contributed by atoms with E-state index in [4.69, 9.17) is 0 Å². The second kappa shape index (κ2) is 12.2. The summed E-state index contributed by atoms with van der Waals surface area (Å²) in [4.78, 5) is 14.1. The minimum absolute atomic E-state index is 0. The Balaban J connectivity index is 0.00000364. The Morgan fingerprint density at radius 1 is 1.19 bits per heavy atom. The van der Waals surface area contributed by atoms with Crippen molar-refractivity contribution < 1.29 is 0 Å². The zero-order valence-corrected chi connectivity index (χ0v) is 20.8. The van der Waals surface area contributed by atoms with Gasteiger partial charge in [-0.3, -0.25) is 9.89 Å². The van der Waals surface area contributed by atoms with E-state index < -0.39 is 0 Å². The second-order valence-electron chi connectivity index (χ2n) is 7.78. The van der Waals surface area contributed by atoms with Gasteiger partial charge in [0.2, 0.25) is 0 Å². The highest BCUT2D eigenvalue weighted by molar-refractivity contribution is 14.0. The van der Waals surface area contributed by atoms with Crippen LogP contribution in [-0.2, 0) is 6.54 Å². The van der Waals surface area contributed by atoms with Gasteiger partial charge in [0.1, 0.15) is 5.01 Å². The SMILES string of the molecule is CN=C(NCc1nc(C(C)C)cs1)NCC(C(C)C)N1CCN(C)CC1.I. The molecule has 27 heavy (non-hydrogen) atoms. The van der Waals surface area contributed by atoms with Crippen molar-refractivity contribution in [3.8, 4) is 0 Å². The monoisotopic (exact) mass is 508 g/mol. The van der Waals surface area contributed by atoms with Gasteiger partial charge in [-0.25, -0.2) is 4.98 Å². The van der Waals surface area contributed by atoms with Crippen LogP contribution in [0.2, 0.25) is 0 Å². The zero-order chi connectivity index (χ0) is 19.1. The summed E-state index contributed by atoms with van der Waals surface area (Å²) in [6.45, 7) is 15.2. The maximum Gasteiger partial charge on any atom is 0.191 e. The molecule has 1 unspecified atom stereocenters. The number of aromatic nitrogens is 1. The van der Waals surface area contributed by atoms with Gasteiger partial charge in [-0.2, -0.15) is 0 Å². The van der Waals surface area contributed by atoms with E-state index in [1.807, 2.05) is 7.05 Å². The first-order valence-corrected chi connectivity index (χ1v) is 10.6. The molecule has 0 bridgehead atoms. The van der Waals surface area contributed by atoms with E-state index >= 15 is 0 Å². The van der Waals surface area contributed by atoms with E-state index in [9.17, 15) is 0 Å². The molecule has 0 aliphatic carbocycles. The van der Waals surface area contributed by atoms with Crippen LogP contribution in [0.15, 0.2) is 10.4 Å². The Morgan fingerprint density at radius 2 is 1.85 bits per heavy atom. The Bertz CT molecular complexity index is 566. The topological polar surface area (TPSA) is 55.8 Å². The molecule has 0 spiro atoms. The summed E-state index contributed by atoms with van der Waals surface area (Å²) in [5.41, 5.74) is 1.17. The number of piperazine rings is 1. The van der Waals surface area contributed by atoms with Crippen molar-refractivity contribution in [1.29, 1.82) is 0 Å². The highest BCUT2D eigenvalue weighted by Gasteiger charge is 2.25. The smallest absolute Gasteiger partial charge is 0.191 e. The number of guanidine groups is 1. The Hall–Kier alpha value is -0.450. The van der Waals surface area contributed by atoms with Crippen LogP contribution in [0.4, 0.5) is 0 Å². The second-order valence-corrected chi connectivity index (χ2v) is 8.72. The fraction of sp³-hybridized carbons (Fsp3) is 0.789. The fourth-order valence-corrected chi connectivity index (χ4v) is 4.09. The van der Waals surface area contributed by atoms with Gasteiger partial charge in [0.05, 0.1) is 12.2 Å². The third-order valence-electron chi connectivity index (χ3n) is 5.05. The molecule has 0 aromatic carbocycles. The standard InChI is InChI=1S/C19H36N6S.HI/c1-14(2)16-13-26-18(23-16)12-22-19(20-5)21-11-17(15(3)4)25-9-7-24(6)8-10-25;/h13-15,17H,7-12H2,1-6H3,(H2,20,21,22);1H. The summed E-state index contributed by atoms with van der Waals surface area (Å²) in [5, 5.41) is 10.2. The predicted octanol–water partition coefficient (Wildman–Crippen LogP) is 2.82. The molecule has 1 atom stereocenters. The van der Waals surface area contributed by atoms with Crippen molar-refractivity contribution in [2.45, 2.75) is 46.2 Å². The van der Waals surface area contributed by atoms with Gasteiger partial charge < -0.3 is 15.5 Å². The number of hydrogen-bond acceptors (Lipinski definition) is 5. The third kappa shape index (κ3) is 7.83. The van der Waals surface area contributed by atoms with Crippen molar-refractivity contribution in [3.63, 3.8) is 0 Å². The van der Waals surface area contributed by atoms with Gasteiger partial charge >= 0.3 is 0 Å². The summed E-state index contributed by atoms with van der Waals surface area (Å²) in [7, 11) is 4.03. The van der Waals surface area contributed by atoms with Crippen LogP contribution in [0.5, 0.6) is 0 Å². The quantitative estimate of drug-likeness (QED) is 0.337. The molecular formula is C19H37IN6S. The first kappa shape index (κ1) is 24.6. The predicted molar refractivity (Wildman–Crippen MR) is 128 cm³/mol. The molecular weight excluding hydrogens is 471 g/mol. The van der Waals surface area contributed by atoms with E-state index in [-0.39, 0.29) is 24.0 Å². The number of nitrogens with one attached hydrogen (secondary N) is 2. The van der Waals surface area contributed by atoms with Crippen LogP contribution < -0.4 is 10.6 Å². The molecule has 2 N–H and O–H groups in total. The van der Waals surface area contributed by atoms with Crippen LogP contribution >= 0.6 is 35.3 Å². The number of likely N-dealkylation sites (N-methyl/N-ethyl adjacent to an activating group) is 1. The van der Waals surface area contributed by atoms with Gasteiger partial charge in [-0.05, 0) is 18.9 Å². The molecule has 8 heteroatoms. The average molecular weight is 509 g/mol. The average Bonchev–Trinajstić information content (AvgIpc) is 3.08. The van der Waals surface area contributed by atoms with Crippen molar-refractivity contribution in [2.75, 3.05) is 46.8 Å². The van der Waals surface area contributed by atoms with Gasteiger partial charge in [0, 0.05) is 51.2 Å². The summed E-state index contributed by atoms with van der Waals surface area (Å²) in [5.74, 6) is 1.94. The summed E-state index contributed by atoms with van der Waals surface area (Å²) >= 11 is 1.71. The number of halogens is 1. The van der Waals surface area contributed by atoms with Crippen LogP contribution in [-0.4, -0.2) is 73.6 Å². The molecule has 156 valence electrons. The largest absolute Gasteiger partial charge is 0.355 e. The molecule has 1 saturated heterocycles. The molecule has 1 aliphatic heterocycles. The number of hydrogen-bond donors (Lipinski definition) is 2. The highest BCUT2D eigenvalue weighted by Crippen LogP contribution is 2.17. The van der Waals surface area contributed by atoms with Crippen LogP contribution in [0.3, 0.4) is 0 Å². The first-order valence-electron chi connectivity index (χ1n) is 9.72. The van der Waals surface area contributed by atoms with Crippen LogP contribution in [0.1, 0.15) is 44.3 Å². The number of aliphatic imine (C=N–C) groups is 1. The summed E-state index contributed by atoms with van der Waals surface area (Å²) < 4.78 is 0. The molecule has 6 nitrogen and oxygen atoms in total. The lowest BCUT2D eigenvalue weighted by atomic mass is 10.0. The zero-order valence-electron chi connectivity index (χ0n) is 17.7. The van der Waals surface area contributed by atoms with Crippen LogP contribution in [0, 0.1) is 5.92 Å². The Labute approximate surface area is 186 Å². The van der Waals surface area contributed by atoms with Crippen molar-refractivity contribution in [3.05, 3.63) is 16.1 Å². The van der Waals surface area contributed by atoms with E-state index in [1.54, 1.807) is 11.3 Å². The van der Waals surface area contributed by atoms with Gasteiger partial charge in [0.15, 0.2) is 5.96 Å². The molecule has 0 saturated carbocycles. The van der Waals surface area contributed by atoms with Crippen LogP contribution in [0.25, 0.3) is 0 Å². The van der Waals surface area contributed by atoms with E-state index in [0.29, 0.717) is 17.9 Å². The summed E-state index contributed by atoms with van der Waals surface area (Å²) in [6.07, 6.45) is 0. The molecule has 0 amide bonds. The molecule has 2 rings (SSSR count). The Kier molecular flexibility index (Phi) is 11.1. The maximum atomic E-state index is 4.68. The van der Waals surface area contributed by atoms with Crippen molar-refractivity contribution in [1.82, 2.24) is 25.4 Å². The first-order chi connectivity index (χ1) is 12.4. The normalized spacial score (nSPS) is 17.9. The molecule has 1 aliphatic rings. The van der Waals surface area contributed by atoms with Gasteiger partial charge in [0.25, 0.3) is 0 Å². The molecule has 1 aromatic heterocycles. The minimum Gasteiger partial charge on any atom is -0.355 e.